The van der Waals surface area contributed by atoms with Crippen molar-refractivity contribution in [1.29, 1.82) is 0 Å². The highest BCUT2D eigenvalue weighted by molar-refractivity contribution is 5.78. The zero-order valence-electron chi connectivity index (χ0n) is 14.2. The molecule has 0 radical (unpaired) electrons. The van der Waals surface area contributed by atoms with E-state index >= 15 is 0 Å². The summed E-state index contributed by atoms with van der Waals surface area (Å²) in [6.45, 7) is 3.80. The van der Waals surface area contributed by atoms with Crippen molar-refractivity contribution in [3.63, 3.8) is 0 Å². The van der Waals surface area contributed by atoms with Gasteiger partial charge in [-0.15, -0.1) is 0 Å². The minimum atomic E-state index is -0.525. The number of ether oxygens (including phenoxy) is 1. The number of para-hydroxylation sites is 1. The van der Waals surface area contributed by atoms with Crippen molar-refractivity contribution < 1.29 is 14.1 Å². The quantitative estimate of drug-likeness (QED) is 0.882. The predicted molar refractivity (Wildman–Crippen MR) is 88.6 cm³/mol. The summed E-state index contributed by atoms with van der Waals surface area (Å²) >= 11 is 0. The first kappa shape index (κ1) is 16.5. The number of rotatable bonds is 6. The highest BCUT2D eigenvalue weighted by Crippen LogP contribution is 2.37. The molecule has 1 aromatic heterocycles. The molecule has 0 atom stereocenters. The first-order chi connectivity index (χ1) is 11.6. The Kier molecular flexibility index (Phi) is 4.83. The molecule has 2 aromatic rings. The van der Waals surface area contributed by atoms with Crippen LogP contribution in [0.4, 0.5) is 0 Å². The molecule has 128 valence electrons. The average Bonchev–Trinajstić information content (AvgIpc) is 3.23. The molecular weight excluding hydrogens is 306 g/mol. The standard InChI is InChI=1S/C18H23N3O3/c1-3-14-8-4-5-9-15(14)23-12-16(22)20-18(10-6-7-11-18)17-19-13(2)24-21-17/h4-5,8-9H,3,6-7,10-12H2,1-2H3,(H,20,22). The van der Waals surface area contributed by atoms with E-state index in [0.717, 1.165) is 43.4 Å². The topological polar surface area (TPSA) is 77.2 Å². The van der Waals surface area contributed by atoms with Crippen molar-refractivity contribution in [2.24, 2.45) is 0 Å². The molecule has 0 saturated heterocycles. The van der Waals surface area contributed by atoms with Crippen LogP contribution in [0.5, 0.6) is 5.75 Å². The van der Waals surface area contributed by atoms with Crippen molar-refractivity contribution in [2.45, 2.75) is 51.5 Å². The van der Waals surface area contributed by atoms with E-state index < -0.39 is 5.54 Å². The van der Waals surface area contributed by atoms with Gasteiger partial charge in [-0.2, -0.15) is 4.98 Å². The van der Waals surface area contributed by atoms with E-state index in [-0.39, 0.29) is 12.5 Å². The van der Waals surface area contributed by atoms with Crippen LogP contribution >= 0.6 is 0 Å². The molecule has 1 aliphatic rings. The second-order valence-corrected chi connectivity index (χ2v) is 6.22. The molecule has 0 unspecified atom stereocenters. The first-order valence-electron chi connectivity index (χ1n) is 8.45. The van der Waals surface area contributed by atoms with Crippen LogP contribution in [0.25, 0.3) is 0 Å². The van der Waals surface area contributed by atoms with Gasteiger partial charge < -0.3 is 14.6 Å². The molecule has 0 aliphatic heterocycles. The molecule has 1 aliphatic carbocycles. The van der Waals surface area contributed by atoms with Gasteiger partial charge >= 0.3 is 0 Å². The first-order valence-corrected chi connectivity index (χ1v) is 8.45. The maximum atomic E-state index is 12.4. The Hall–Kier alpha value is -2.37. The van der Waals surface area contributed by atoms with Gasteiger partial charge in [-0.3, -0.25) is 4.79 Å². The maximum Gasteiger partial charge on any atom is 0.258 e. The maximum absolute atomic E-state index is 12.4. The lowest BCUT2D eigenvalue weighted by Gasteiger charge is -2.26. The SMILES string of the molecule is CCc1ccccc1OCC(=O)NC1(c2noc(C)n2)CCCC1. The Morgan fingerprint density at radius 2 is 2.08 bits per heavy atom. The van der Waals surface area contributed by atoms with Crippen molar-refractivity contribution >= 4 is 5.91 Å². The lowest BCUT2D eigenvalue weighted by molar-refractivity contribution is -0.125. The Bertz CT molecular complexity index is 705. The third-order valence-corrected chi connectivity index (χ3v) is 4.50. The summed E-state index contributed by atoms with van der Waals surface area (Å²) in [5.74, 6) is 1.68. The molecule has 6 nitrogen and oxygen atoms in total. The van der Waals surface area contributed by atoms with Crippen LogP contribution in [-0.2, 0) is 16.8 Å². The van der Waals surface area contributed by atoms with Crippen molar-refractivity contribution in [1.82, 2.24) is 15.5 Å². The average molecular weight is 329 g/mol. The van der Waals surface area contributed by atoms with Crippen LogP contribution in [0.15, 0.2) is 28.8 Å². The zero-order valence-corrected chi connectivity index (χ0v) is 14.2. The number of aromatic nitrogens is 2. The van der Waals surface area contributed by atoms with Crippen molar-refractivity contribution in [2.75, 3.05) is 6.61 Å². The van der Waals surface area contributed by atoms with Crippen LogP contribution in [0.2, 0.25) is 0 Å². The van der Waals surface area contributed by atoms with Crippen LogP contribution in [0, 0.1) is 6.92 Å². The van der Waals surface area contributed by atoms with Gasteiger partial charge in [-0.05, 0) is 30.9 Å². The highest BCUT2D eigenvalue weighted by Gasteiger charge is 2.41. The zero-order chi connectivity index (χ0) is 17.0. The normalized spacial score (nSPS) is 16.1. The minimum absolute atomic E-state index is 0.0183. The summed E-state index contributed by atoms with van der Waals surface area (Å²) in [6, 6.07) is 7.78. The van der Waals surface area contributed by atoms with Gasteiger partial charge in [0.05, 0.1) is 0 Å². The molecule has 24 heavy (non-hydrogen) atoms. The summed E-state index contributed by atoms with van der Waals surface area (Å²) in [6.07, 6.45) is 4.58. The van der Waals surface area contributed by atoms with Gasteiger partial charge in [0.25, 0.3) is 5.91 Å². The van der Waals surface area contributed by atoms with Gasteiger partial charge in [-0.1, -0.05) is 43.1 Å². The predicted octanol–water partition coefficient (Wildman–Crippen LogP) is 2.90. The number of benzene rings is 1. The van der Waals surface area contributed by atoms with Crippen LogP contribution < -0.4 is 10.1 Å². The molecular formula is C18H23N3O3. The lowest BCUT2D eigenvalue weighted by atomic mass is 9.96. The summed E-state index contributed by atoms with van der Waals surface area (Å²) in [5, 5.41) is 7.11. The lowest BCUT2D eigenvalue weighted by Crippen LogP contribution is -2.46. The van der Waals surface area contributed by atoms with E-state index in [4.69, 9.17) is 9.26 Å². The van der Waals surface area contributed by atoms with Crippen molar-refractivity contribution in [3.8, 4) is 5.75 Å². The Morgan fingerprint density at radius 3 is 2.75 bits per heavy atom. The van der Waals surface area contributed by atoms with E-state index in [1.165, 1.54) is 0 Å². The Labute approximate surface area is 141 Å². The summed E-state index contributed by atoms with van der Waals surface area (Å²) in [5.41, 5.74) is 0.567. The van der Waals surface area contributed by atoms with Crippen LogP contribution in [-0.4, -0.2) is 22.7 Å². The van der Waals surface area contributed by atoms with Gasteiger partial charge in [0.2, 0.25) is 5.89 Å². The molecule has 1 heterocycles. The molecule has 1 amide bonds. The van der Waals surface area contributed by atoms with Gasteiger partial charge in [0.15, 0.2) is 12.4 Å². The molecule has 1 aromatic carbocycles. The highest BCUT2D eigenvalue weighted by atomic mass is 16.5. The molecule has 1 fully saturated rings. The molecule has 0 bridgehead atoms. The number of aryl methyl sites for hydroxylation is 2. The number of hydrogen-bond acceptors (Lipinski definition) is 5. The Balaban J connectivity index is 1.66. The largest absolute Gasteiger partial charge is 0.483 e. The van der Waals surface area contributed by atoms with Crippen molar-refractivity contribution in [3.05, 3.63) is 41.5 Å². The Morgan fingerprint density at radius 1 is 1.33 bits per heavy atom. The fourth-order valence-corrected chi connectivity index (χ4v) is 3.26. The number of hydrogen-bond donors (Lipinski definition) is 1. The number of amides is 1. The number of carbonyl (C=O) groups excluding carboxylic acids is 1. The van der Waals surface area contributed by atoms with Gasteiger partial charge in [-0.25, -0.2) is 0 Å². The monoisotopic (exact) mass is 329 g/mol. The van der Waals surface area contributed by atoms with E-state index in [1.54, 1.807) is 6.92 Å². The van der Waals surface area contributed by atoms with E-state index in [9.17, 15) is 4.79 Å². The van der Waals surface area contributed by atoms with E-state index in [2.05, 4.69) is 22.4 Å². The van der Waals surface area contributed by atoms with Crippen LogP contribution in [0.1, 0.15) is 49.9 Å². The number of carbonyl (C=O) groups is 1. The molecule has 0 spiro atoms. The fourth-order valence-electron chi connectivity index (χ4n) is 3.26. The molecule has 1 N–H and O–H groups in total. The molecule has 6 heteroatoms. The third kappa shape index (κ3) is 3.42. The van der Waals surface area contributed by atoms with Gasteiger partial charge in [0, 0.05) is 6.92 Å². The summed E-state index contributed by atoms with van der Waals surface area (Å²) in [4.78, 5) is 16.8. The second-order valence-electron chi connectivity index (χ2n) is 6.22. The minimum Gasteiger partial charge on any atom is -0.483 e. The summed E-state index contributed by atoms with van der Waals surface area (Å²) < 4.78 is 10.8. The second kappa shape index (κ2) is 7.03. The summed E-state index contributed by atoms with van der Waals surface area (Å²) in [7, 11) is 0. The molecule has 1 saturated carbocycles. The van der Waals surface area contributed by atoms with E-state index in [1.807, 2.05) is 24.3 Å². The number of nitrogens with one attached hydrogen (secondary N) is 1. The van der Waals surface area contributed by atoms with Crippen LogP contribution in [0.3, 0.4) is 0 Å². The van der Waals surface area contributed by atoms with Gasteiger partial charge in [0.1, 0.15) is 11.3 Å². The third-order valence-electron chi connectivity index (χ3n) is 4.50. The fraction of sp³-hybridized carbons (Fsp3) is 0.500. The van der Waals surface area contributed by atoms with E-state index in [0.29, 0.717) is 11.7 Å². The number of nitrogens with zero attached hydrogens (tertiary/aromatic N) is 2. The smallest absolute Gasteiger partial charge is 0.258 e. The molecule has 3 rings (SSSR count).